The first-order valence-corrected chi connectivity index (χ1v) is 6.43. The first kappa shape index (κ1) is 12.7. The van der Waals surface area contributed by atoms with E-state index in [2.05, 4.69) is 6.92 Å². The highest BCUT2D eigenvalue weighted by atomic mass is 16.3. The molecule has 1 heterocycles. The molecule has 0 aliphatic carbocycles. The molecule has 0 bridgehead atoms. The summed E-state index contributed by atoms with van der Waals surface area (Å²) in [6.07, 6.45) is 3.23. The summed E-state index contributed by atoms with van der Waals surface area (Å²) < 4.78 is 0. The summed E-state index contributed by atoms with van der Waals surface area (Å²) in [6.45, 7) is 3.60. The van der Waals surface area contributed by atoms with Gasteiger partial charge in [0, 0.05) is 13.1 Å². The van der Waals surface area contributed by atoms with Crippen LogP contribution in [0.15, 0.2) is 18.2 Å². The van der Waals surface area contributed by atoms with Crippen molar-refractivity contribution in [3.05, 3.63) is 23.8 Å². The SMILES string of the molecule is CCC1CCCN(C(=O)c2cc(O)ccc2O)C1. The first-order valence-electron chi connectivity index (χ1n) is 6.43. The second-order valence-electron chi connectivity index (χ2n) is 4.87. The molecule has 2 N–H and O–H groups in total. The molecule has 0 radical (unpaired) electrons. The van der Waals surface area contributed by atoms with E-state index in [4.69, 9.17) is 0 Å². The molecule has 0 saturated carbocycles. The molecule has 0 spiro atoms. The van der Waals surface area contributed by atoms with Crippen molar-refractivity contribution in [2.45, 2.75) is 26.2 Å². The van der Waals surface area contributed by atoms with Gasteiger partial charge in [-0.05, 0) is 37.0 Å². The second-order valence-corrected chi connectivity index (χ2v) is 4.87. The van der Waals surface area contributed by atoms with Gasteiger partial charge in [0.05, 0.1) is 5.56 Å². The number of aromatic hydroxyl groups is 2. The number of phenols is 2. The molecule has 1 aliphatic heterocycles. The van der Waals surface area contributed by atoms with E-state index in [0.29, 0.717) is 5.92 Å². The molecule has 1 saturated heterocycles. The van der Waals surface area contributed by atoms with E-state index < -0.39 is 0 Å². The van der Waals surface area contributed by atoms with Crippen LogP contribution in [-0.4, -0.2) is 34.1 Å². The average Bonchev–Trinajstić information content (AvgIpc) is 2.41. The normalized spacial score (nSPS) is 19.8. The Hall–Kier alpha value is -1.71. The Bertz CT molecular complexity index is 445. The van der Waals surface area contributed by atoms with Crippen molar-refractivity contribution in [1.29, 1.82) is 0 Å². The third kappa shape index (κ3) is 2.58. The zero-order chi connectivity index (χ0) is 13.1. The Balaban J connectivity index is 2.17. The third-order valence-electron chi connectivity index (χ3n) is 3.59. The Morgan fingerprint density at radius 3 is 2.94 bits per heavy atom. The van der Waals surface area contributed by atoms with Crippen LogP contribution in [-0.2, 0) is 0 Å². The number of phenolic OH excluding ortho intramolecular Hbond substituents is 2. The molecule has 1 fully saturated rings. The molecule has 1 amide bonds. The van der Waals surface area contributed by atoms with Gasteiger partial charge in [-0.2, -0.15) is 0 Å². The molecule has 1 aromatic carbocycles. The topological polar surface area (TPSA) is 60.8 Å². The largest absolute Gasteiger partial charge is 0.508 e. The maximum atomic E-state index is 12.3. The van der Waals surface area contributed by atoms with Crippen LogP contribution in [0.25, 0.3) is 0 Å². The number of carbonyl (C=O) groups excluding carboxylic acids is 1. The molecule has 4 nitrogen and oxygen atoms in total. The van der Waals surface area contributed by atoms with E-state index in [1.165, 1.54) is 18.2 Å². The van der Waals surface area contributed by atoms with Crippen LogP contribution in [0, 0.1) is 5.92 Å². The van der Waals surface area contributed by atoms with E-state index in [-0.39, 0.29) is 23.0 Å². The van der Waals surface area contributed by atoms with E-state index in [1.54, 1.807) is 4.90 Å². The van der Waals surface area contributed by atoms with Gasteiger partial charge in [0.15, 0.2) is 0 Å². The van der Waals surface area contributed by atoms with Crippen molar-refractivity contribution in [3.63, 3.8) is 0 Å². The minimum atomic E-state index is -0.193. The smallest absolute Gasteiger partial charge is 0.257 e. The second kappa shape index (κ2) is 5.29. The number of hydrogen-bond donors (Lipinski definition) is 2. The fraction of sp³-hybridized carbons (Fsp3) is 0.500. The monoisotopic (exact) mass is 249 g/mol. The number of nitrogens with zero attached hydrogens (tertiary/aromatic N) is 1. The molecule has 1 unspecified atom stereocenters. The van der Waals surface area contributed by atoms with Crippen LogP contribution in [0.1, 0.15) is 36.5 Å². The van der Waals surface area contributed by atoms with E-state index >= 15 is 0 Å². The summed E-state index contributed by atoms with van der Waals surface area (Å²) in [5.41, 5.74) is 0.187. The molecule has 1 atom stereocenters. The van der Waals surface area contributed by atoms with E-state index in [1.807, 2.05) is 0 Å². The number of benzene rings is 1. The number of carbonyl (C=O) groups is 1. The van der Waals surface area contributed by atoms with Gasteiger partial charge in [-0.25, -0.2) is 0 Å². The molecule has 98 valence electrons. The zero-order valence-corrected chi connectivity index (χ0v) is 10.6. The minimum absolute atomic E-state index is 0.000186. The van der Waals surface area contributed by atoms with Crippen molar-refractivity contribution in [2.24, 2.45) is 5.92 Å². The quantitative estimate of drug-likeness (QED) is 0.791. The van der Waals surface area contributed by atoms with Crippen LogP contribution in [0.3, 0.4) is 0 Å². The van der Waals surface area contributed by atoms with Gasteiger partial charge >= 0.3 is 0 Å². The fourth-order valence-corrected chi connectivity index (χ4v) is 2.45. The van der Waals surface area contributed by atoms with Crippen LogP contribution in [0.4, 0.5) is 0 Å². The van der Waals surface area contributed by atoms with Gasteiger partial charge in [0.25, 0.3) is 5.91 Å². The molecule has 2 rings (SSSR count). The Labute approximate surface area is 107 Å². The van der Waals surface area contributed by atoms with Crippen molar-refractivity contribution in [3.8, 4) is 11.5 Å². The van der Waals surface area contributed by atoms with E-state index in [0.717, 1.165) is 32.4 Å². The molecule has 1 aliphatic rings. The Kier molecular flexibility index (Phi) is 3.75. The highest BCUT2D eigenvalue weighted by Crippen LogP contribution is 2.26. The van der Waals surface area contributed by atoms with Crippen LogP contribution in [0.2, 0.25) is 0 Å². The summed E-state index contributed by atoms with van der Waals surface area (Å²) in [7, 11) is 0. The highest BCUT2D eigenvalue weighted by molar-refractivity contribution is 5.97. The summed E-state index contributed by atoms with van der Waals surface area (Å²) >= 11 is 0. The van der Waals surface area contributed by atoms with Gasteiger partial charge in [0.1, 0.15) is 11.5 Å². The maximum Gasteiger partial charge on any atom is 0.257 e. The van der Waals surface area contributed by atoms with E-state index in [9.17, 15) is 15.0 Å². The summed E-state index contributed by atoms with van der Waals surface area (Å²) in [6, 6.07) is 4.05. The number of piperidine rings is 1. The number of hydrogen-bond acceptors (Lipinski definition) is 3. The third-order valence-corrected chi connectivity index (χ3v) is 3.59. The Morgan fingerprint density at radius 1 is 1.44 bits per heavy atom. The maximum absolute atomic E-state index is 12.3. The lowest BCUT2D eigenvalue weighted by Crippen LogP contribution is -2.39. The lowest BCUT2D eigenvalue weighted by Gasteiger charge is -2.32. The molecular formula is C14H19NO3. The van der Waals surface area contributed by atoms with Gasteiger partial charge in [-0.3, -0.25) is 4.79 Å². The summed E-state index contributed by atoms with van der Waals surface area (Å²) in [5.74, 6) is 0.278. The van der Waals surface area contributed by atoms with Crippen LogP contribution >= 0.6 is 0 Å². The number of likely N-dealkylation sites (tertiary alicyclic amines) is 1. The van der Waals surface area contributed by atoms with Crippen LogP contribution in [0.5, 0.6) is 11.5 Å². The average molecular weight is 249 g/mol. The fourth-order valence-electron chi connectivity index (χ4n) is 2.45. The van der Waals surface area contributed by atoms with Crippen LogP contribution < -0.4 is 0 Å². The zero-order valence-electron chi connectivity index (χ0n) is 10.6. The lowest BCUT2D eigenvalue weighted by atomic mass is 9.95. The number of rotatable bonds is 2. The molecule has 0 aromatic heterocycles. The molecule has 18 heavy (non-hydrogen) atoms. The van der Waals surface area contributed by atoms with Crippen molar-refractivity contribution in [2.75, 3.05) is 13.1 Å². The van der Waals surface area contributed by atoms with Crippen molar-refractivity contribution in [1.82, 2.24) is 4.90 Å². The number of amides is 1. The predicted molar refractivity (Wildman–Crippen MR) is 68.7 cm³/mol. The standard InChI is InChI=1S/C14H19NO3/c1-2-10-4-3-7-15(9-10)14(18)12-8-11(16)5-6-13(12)17/h5-6,8,10,16-17H,2-4,7,9H2,1H3. The van der Waals surface area contributed by atoms with Gasteiger partial charge in [-0.1, -0.05) is 13.3 Å². The predicted octanol–water partition coefficient (Wildman–Crippen LogP) is 2.36. The Morgan fingerprint density at radius 2 is 2.22 bits per heavy atom. The first-order chi connectivity index (χ1) is 8.61. The summed E-state index contributed by atoms with van der Waals surface area (Å²) in [4.78, 5) is 14.1. The molecule has 4 heteroatoms. The van der Waals surface area contributed by atoms with Gasteiger partial charge < -0.3 is 15.1 Å². The molecular weight excluding hydrogens is 230 g/mol. The van der Waals surface area contributed by atoms with Crippen molar-refractivity contribution >= 4 is 5.91 Å². The van der Waals surface area contributed by atoms with Gasteiger partial charge in [-0.15, -0.1) is 0 Å². The summed E-state index contributed by atoms with van der Waals surface area (Å²) in [5, 5.41) is 19.1. The highest BCUT2D eigenvalue weighted by Gasteiger charge is 2.25. The van der Waals surface area contributed by atoms with Crippen molar-refractivity contribution < 1.29 is 15.0 Å². The lowest BCUT2D eigenvalue weighted by molar-refractivity contribution is 0.0668. The van der Waals surface area contributed by atoms with Gasteiger partial charge in [0.2, 0.25) is 0 Å². The minimum Gasteiger partial charge on any atom is -0.508 e. The molecule has 1 aromatic rings.